The number of alkyl halides is 3. The van der Waals surface area contributed by atoms with Crippen molar-refractivity contribution in [1.29, 1.82) is 10.7 Å². The van der Waals surface area contributed by atoms with Crippen LogP contribution in [0.25, 0.3) is 0 Å². The highest BCUT2D eigenvalue weighted by Crippen LogP contribution is 2.29. The second-order valence-corrected chi connectivity index (χ2v) is 7.52. The summed E-state index contributed by atoms with van der Waals surface area (Å²) in [6, 6.07) is 13.9. The molecule has 1 unspecified atom stereocenters. The zero-order valence-electron chi connectivity index (χ0n) is 17.5. The molecular weight excluding hydrogens is 417 g/mol. The van der Waals surface area contributed by atoms with Gasteiger partial charge in [-0.25, -0.2) is 4.99 Å². The lowest BCUT2D eigenvalue weighted by molar-refractivity contribution is -0.137. The van der Waals surface area contributed by atoms with Gasteiger partial charge < -0.3 is 10.7 Å². The Bertz CT molecular complexity index is 958. The molecule has 3 rings (SSSR count). The lowest BCUT2D eigenvalue weighted by atomic mass is 10.0. The largest absolute Gasteiger partial charge is 0.416 e. The van der Waals surface area contributed by atoms with Gasteiger partial charge in [0, 0.05) is 6.54 Å². The number of rotatable bonds is 7. The molecule has 0 aromatic heterocycles. The van der Waals surface area contributed by atoms with Crippen molar-refractivity contribution in [2.45, 2.75) is 31.6 Å². The topological polar surface area (TPSA) is 87.3 Å². The quantitative estimate of drug-likeness (QED) is 0.264. The first kappa shape index (κ1) is 23.3. The van der Waals surface area contributed by atoms with Crippen LogP contribution >= 0.6 is 0 Å². The van der Waals surface area contributed by atoms with Gasteiger partial charge in [-0.1, -0.05) is 42.5 Å². The molecule has 1 fully saturated rings. The molecule has 0 bridgehead atoms. The van der Waals surface area contributed by atoms with E-state index < -0.39 is 11.7 Å². The summed E-state index contributed by atoms with van der Waals surface area (Å²) in [6.45, 7) is 2.28. The number of nitrogens with zero attached hydrogens (tertiary/aromatic N) is 3. The molecule has 1 heterocycles. The molecule has 0 amide bonds. The first-order valence-corrected chi connectivity index (χ1v) is 10.4. The zero-order chi connectivity index (χ0) is 23.0. The summed E-state index contributed by atoms with van der Waals surface area (Å²) in [5.41, 5.74) is 0.916. The van der Waals surface area contributed by atoms with E-state index in [0.717, 1.165) is 43.6 Å². The lowest BCUT2D eigenvalue weighted by Crippen LogP contribution is -2.49. The SMILES string of the molecule is N#CNC(=NCc1ccccc1)NCC(C(=N)c1ccc(C(F)(F)F)cc1)N1CCCC1. The highest BCUT2D eigenvalue weighted by atomic mass is 19.4. The molecule has 1 saturated heterocycles. The van der Waals surface area contributed by atoms with Crippen LogP contribution in [0.5, 0.6) is 0 Å². The summed E-state index contributed by atoms with van der Waals surface area (Å²) >= 11 is 0. The Morgan fingerprint density at radius 2 is 1.75 bits per heavy atom. The average Bonchev–Trinajstić information content (AvgIpc) is 3.32. The summed E-state index contributed by atoms with van der Waals surface area (Å²) in [6.07, 6.45) is -0.547. The fraction of sp³-hybridized carbons (Fsp3) is 0.348. The molecule has 2 aromatic rings. The molecule has 0 radical (unpaired) electrons. The number of likely N-dealkylation sites (tertiary alicyclic amines) is 1. The van der Waals surface area contributed by atoms with Gasteiger partial charge in [0.05, 0.1) is 23.9 Å². The molecule has 168 valence electrons. The maximum absolute atomic E-state index is 12.9. The van der Waals surface area contributed by atoms with E-state index in [0.29, 0.717) is 24.6 Å². The minimum atomic E-state index is -4.41. The number of hydrogen-bond acceptors (Lipinski definition) is 4. The van der Waals surface area contributed by atoms with Crippen LogP contribution in [0.15, 0.2) is 59.6 Å². The fourth-order valence-corrected chi connectivity index (χ4v) is 3.64. The smallest absolute Gasteiger partial charge is 0.354 e. The van der Waals surface area contributed by atoms with Gasteiger partial charge in [-0.15, -0.1) is 0 Å². The molecule has 9 heteroatoms. The molecule has 32 heavy (non-hydrogen) atoms. The number of halogens is 3. The summed E-state index contributed by atoms with van der Waals surface area (Å²) in [5.74, 6) is 0.292. The minimum absolute atomic E-state index is 0.229. The van der Waals surface area contributed by atoms with Gasteiger partial charge in [0.1, 0.15) is 0 Å². The molecule has 1 aliphatic heterocycles. The number of benzene rings is 2. The highest BCUT2D eigenvalue weighted by molar-refractivity contribution is 6.02. The maximum atomic E-state index is 12.9. The summed E-state index contributed by atoms with van der Waals surface area (Å²) in [7, 11) is 0. The normalized spacial score (nSPS) is 15.8. The number of nitriles is 1. The number of nitrogens with one attached hydrogen (secondary N) is 3. The van der Waals surface area contributed by atoms with E-state index in [1.54, 1.807) is 0 Å². The Kier molecular flexibility index (Phi) is 7.84. The minimum Gasteiger partial charge on any atom is -0.354 e. The van der Waals surface area contributed by atoms with Crippen molar-refractivity contribution in [3.8, 4) is 6.19 Å². The average molecular weight is 442 g/mol. The van der Waals surface area contributed by atoms with Crippen molar-refractivity contribution in [2.24, 2.45) is 4.99 Å². The lowest BCUT2D eigenvalue weighted by Gasteiger charge is -2.29. The fourth-order valence-electron chi connectivity index (χ4n) is 3.64. The van der Waals surface area contributed by atoms with Crippen LogP contribution in [0.1, 0.15) is 29.5 Å². The van der Waals surface area contributed by atoms with Crippen molar-refractivity contribution in [3.63, 3.8) is 0 Å². The Morgan fingerprint density at radius 3 is 2.34 bits per heavy atom. The van der Waals surface area contributed by atoms with E-state index in [4.69, 9.17) is 10.7 Å². The predicted molar refractivity (Wildman–Crippen MR) is 117 cm³/mol. The van der Waals surface area contributed by atoms with Gasteiger partial charge in [-0.2, -0.15) is 18.4 Å². The molecule has 2 aromatic carbocycles. The van der Waals surface area contributed by atoms with Crippen LogP contribution in [0.2, 0.25) is 0 Å². The van der Waals surface area contributed by atoms with Crippen LogP contribution in [-0.4, -0.2) is 42.2 Å². The second kappa shape index (κ2) is 10.8. The predicted octanol–water partition coefficient (Wildman–Crippen LogP) is 3.75. The Morgan fingerprint density at radius 1 is 1.09 bits per heavy atom. The highest BCUT2D eigenvalue weighted by Gasteiger charge is 2.31. The summed E-state index contributed by atoms with van der Waals surface area (Å²) < 4.78 is 38.7. The molecule has 0 saturated carbocycles. The van der Waals surface area contributed by atoms with E-state index in [1.165, 1.54) is 12.1 Å². The van der Waals surface area contributed by atoms with Crippen molar-refractivity contribution in [1.82, 2.24) is 15.5 Å². The van der Waals surface area contributed by atoms with Crippen LogP contribution in [0, 0.1) is 16.9 Å². The molecule has 0 aliphatic carbocycles. The molecule has 1 atom stereocenters. The van der Waals surface area contributed by atoms with E-state index in [9.17, 15) is 13.2 Å². The number of hydrogen-bond donors (Lipinski definition) is 3. The first-order valence-electron chi connectivity index (χ1n) is 10.4. The van der Waals surface area contributed by atoms with Crippen LogP contribution in [-0.2, 0) is 12.7 Å². The Hall–Kier alpha value is -3.38. The van der Waals surface area contributed by atoms with Crippen molar-refractivity contribution >= 4 is 11.7 Å². The Balaban J connectivity index is 1.73. The van der Waals surface area contributed by atoms with Gasteiger partial charge in [0.2, 0.25) is 5.96 Å². The van der Waals surface area contributed by atoms with Crippen molar-refractivity contribution in [3.05, 3.63) is 71.3 Å². The monoisotopic (exact) mass is 442 g/mol. The zero-order valence-corrected chi connectivity index (χ0v) is 17.5. The van der Waals surface area contributed by atoms with E-state index in [-0.39, 0.29) is 11.8 Å². The third-order valence-electron chi connectivity index (χ3n) is 5.34. The second-order valence-electron chi connectivity index (χ2n) is 7.52. The van der Waals surface area contributed by atoms with Gasteiger partial charge in [0.25, 0.3) is 0 Å². The third kappa shape index (κ3) is 6.31. The van der Waals surface area contributed by atoms with E-state index >= 15 is 0 Å². The summed E-state index contributed by atoms with van der Waals surface area (Å²) in [5, 5.41) is 23.4. The van der Waals surface area contributed by atoms with Gasteiger partial charge in [0.15, 0.2) is 6.19 Å². The van der Waals surface area contributed by atoms with Gasteiger partial charge in [-0.05, 0) is 49.2 Å². The van der Waals surface area contributed by atoms with E-state index in [2.05, 4.69) is 20.5 Å². The molecule has 6 nitrogen and oxygen atoms in total. The number of aliphatic imine (C=N–C) groups is 1. The molecule has 0 spiro atoms. The molecule has 3 N–H and O–H groups in total. The summed E-state index contributed by atoms with van der Waals surface area (Å²) in [4.78, 5) is 6.54. The van der Waals surface area contributed by atoms with Crippen molar-refractivity contribution < 1.29 is 13.2 Å². The molecule has 1 aliphatic rings. The van der Waals surface area contributed by atoms with Gasteiger partial charge >= 0.3 is 6.18 Å². The third-order valence-corrected chi connectivity index (χ3v) is 5.34. The van der Waals surface area contributed by atoms with Crippen LogP contribution in [0.3, 0.4) is 0 Å². The van der Waals surface area contributed by atoms with E-state index in [1.807, 2.05) is 36.5 Å². The standard InChI is InChI=1S/C23H25F3N6/c24-23(25,26)19-10-8-18(9-11-19)21(28)20(32-12-4-5-13-32)15-30-22(31-16-27)29-14-17-6-2-1-3-7-17/h1-3,6-11,20,28H,4-5,12-15H2,(H2,29,30,31). The molecular formula is C23H25F3N6. The number of guanidine groups is 1. The van der Waals surface area contributed by atoms with Crippen LogP contribution in [0.4, 0.5) is 13.2 Å². The Labute approximate surface area is 185 Å². The van der Waals surface area contributed by atoms with Crippen molar-refractivity contribution in [2.75, 3.05) is 19.6 Å². The maximum Gasteiger partial charge on any atom is 0.416 e. The van der Waals surface area contributed by atoms with Crippen LogP contribution < -0.4 is 10.6 Å². The van der Waals surface area contributed by atoms with Gasteiger partial charge in [-0.3, -0.25) is 10.2 Å². The first-order chi connectivity index (χ1) is 15.4.